The van der Waals surface area contributed by atoms with Crippen LogP contribution in [0.5, 0.6) is 0 Å². The predicted molar refractivity (Wildman–Crippen MR) is 85.9 cm³/mol. The van der Waals surface area contributed by atoms with E-state index in [1.807, 2.05) is 17.0 Å². The number of hydrogen-bond acceptors (Lipinski definition) is 3. The van der Waals surface area contributed by atoms with E-state index < -0.39 is 0 Å². The Morgan fingerprint density at radius 2 is 2.05 bits per heavy atom. The first-order valence-electron chi connectivity index (χ1n) is 6.72. The van der Waals surface area contributed by atoms with Gasteiger partial charge in [0.05, 0.1) is 0 Å². The number of halogens is 2. The Hall–Kier alpha value is -0.840. The van der Waals surface area contributed by atoms with Crippen molar-refractivity contribution in [1.82, 2.24) is 15.2 Å². The summed E-state index contributed by atoms with van der Waals surface area (Å²) in [4.78, 5) is 18.2. The van der Waals surface area contributed by atoms with Gasteiger partial charge in [0.15, 0.2) is 0 Å². The zero-order valence-electron chi connectivity index (χ0n) is 11.7. The molecule has 114 valence electrons. The van der Waals surface area contributed by atoms with Gasteiger partial charge in [-0.05, 0) is 44.0 Å². The smallest absolute Gasteiger partial charge is 0.272 e. The van der Waals surface area contributed by atoms with Gasteiger partial charge in [-0.1, -0.05) is 13.0 Å². The van der Waals surface area contributed by atoms with Crippen molar-refractivity contribution in [3.8, 4) is 0 Å². The molecule has 0 spiro atoms. The molecule has 4 nitrogen and oxygen atoms in total. The van der Waals surface area contributed by atoms with E-state index in [-0.39, 0.29) is 30.7 Å². The minimum atomic E-state index is 0. The fraction of sp³-hybridized carbons (Fsp3) is 0.571. The van der Waals surface area contributed by atoms with Crippen molar-refractivity contribution < 1.29 is 4.79 Å². The third-order valence-electron chi connectivity index (χ3n) is 3.47. The van der Waals surface area contributed by atoms with Crippen LogP contribution in [0.2, 0.25) is 0 Å². The van der Waals surface area contributed by atoms with Crippen LogP contribution >= 0.6 is 24.8 Å². The highest BCUT2D eigenvalue weighted by molar-refractivity contribution is 5.92. The molecular weight excluding hydrogens is 297 g/mol. The number of nitrogens with zero attached hydrogens (tertiary/aromatic N) is 2. The standard InChI is InChI=1S/C14H21N3O.2ClH/c1-2-15-11-12-6-9-17(10-7-12)14(18)13-5-3-4-8-16-13;;/h3-5,8,12,15H,2,6-7,9-11H2,1H3;2*1H. The lowest BCUT2D eigenvalue weighted by atomic mass is 9.96. The van der Waals surface area contributed by atoms with Gasteiger partial charge in [0.1, 0.15) is 5.69 Å². The van der Waals surface area contributed by atoms with Crippen LogP contribution in [0.15, 0.2) is 24.4 Å². The number of pyridine rings is 1. The summed E-state index contributed by atoms with van der Waals surface area (Å²) in [5.41, 5.74) is 0.558. The van der Waals surface area contributed by atoms with Crippen molar-refractivity contribution in [3.05, 3.63) is 30.1 Å². The van der Waals surface area contributed by atoms with Gasteiger partial charge in [-0.3, -0.25) is 9.78 Å². The number of amides is 1. The van der Waals surface area contributed by atoms with Gasteiger partial charge in [0, 0.05) is 19.3 Å². The summed E-state index contributed by atoms with van der Waals surface area (Å²) in [5.74, 6) is 0.773. The lowest BCUT2D eigenvalue weighted by Gasteiger charge is -2.31. The summed E-state index contributed by atoms with van der Waals surface area (Å²) < 4.78 is 0. The van der Waals surface area contributed by atoms with Crippen LogP contribution in [0.3, 0.4) is 0 Å². The maximum Gasteiger partial charge on any atom is 0.272 e. The zero-order chi connectivity index (χ0) is 12.8. The molecule has 1 amide bonds. The zero-order valence-corrected chi connectivity index (χ0v) is 13.4. The molecular formula is C14H23Cl2N3O. The van der Waals surface area contributed by atoms with E-state index in [0.717, 1.165) is 39.0 Å². The third kappa shape index (κ3) is 5.27. The molecule has 0 bridgehead atoms. The van der Waals surface area contributed by atoms with E-state index in [9.17, 15) is 4.79 Å². The van der Waals surface area contributed by atoms with Crippen LogP contribution < -0.4 is 5.32 Å². The maximum absolute atomic E-state index is 12.2. The first-order chi connectivity index (χ1) is 8.81. The summed E-state index contributed by atoms with van der Waals surface area (Å²) >= 11 is 0. The minimum Gasteiger partial charge on any atom is -0.337 e. The Balaban J connectivity index is 0.00000180. The van der Waals surface area contributed by atoms with Gasteiger partial charge in [-0.2, -0.15) is 0 Å². The van der Waals surface area contributed by atoms with Crippen molar-refractivity contribution in [1.29, 1.82) is 0 Å². The van der Waals surface area contributed by atoms with E-state index in [2.05, 4.69) is 17.2 Å². The Labute approximate surface area is 133 Å². The summed E-state index contributed by atoms with van der Waals surface area (Å²) in [5, 5.41) is 3.38. The van der Waals surface area contributed by atoms with Crippen molar-refractivity contribution in [3.63, 3.8) is 0 Å². The molecule has 0 aromatic carbocycles. The quantitative estimate of drug-likeness (QED) is 0.926. The summed E-state index contributed by atoms with van der Waals surface area (Å²) in [6, 6.07) is 5.48. The molecule has 0 saturated carbocycles. The topological polar surface area (TPSA) is 45.2 Å². The number of aromatic nitrogens is 1. The fourth-order valence-corrected chi connectivity index (χ4v) is 2.34. The number of carbonyl (C=O) groups is 1. The number of hydrogen-bond donors (Lipinski definition) is 1. The Morgan fingerprint density at radius 3 is 2.60 bits per heavy atom. The first-order valence-corrected chi connectivity index (χ1v) is 6.72. The second-order valence-corrected chi connectivity index (χ2v) is 4.76. The van der Waals surface area contributed by atoms with E-state index in [1.54, 1.807) is 12.3 Å². The average Bonchev–Trinajstić information content (AvgIpc) is 2.46. The van der Waals surface area contributed by atoms with Crippen LogP contribution in [0.25, 0.3) is 0 Å². The molecule has 0 atom stereocenters. The molecule has 2 heterocycles. The van der Waals surface area contributed by atoms with E-state index in [4.69, 9.17) is 0 Å². The molecule has 20 heavy (non-hydrogen) atoms. The van der Waals surface area contributed by atoms with Crippen LogP contribution in [0.1, 0.15) is 30.3 Å². The SMILES string of the molecule is CCNCC1CCN(C(=O)c2ccccn2)CC1.Cl.Cl. The van der Waals surface area contributed by atoms with E-state index in [1.165, 1.54) is 0 Å². The third-order valence-corrected chi connectivity index (χ3v) is 3.47. The van der Waals surface area contributed by atoms with Crippen LogP contribution in [0.4, 0.5) is 0 Å². The molecule has 0 aliphatic carbocycles. The molecule has 0 unspecified atom stereocenters. The van der Waals surface area contributed by atoms with Gasteiger partial charge < -0.3 is 10.2 Å². The lowest BCUT2D eigenvalue weighted by Crippen LogP contribution is -2.41. The Bertz CT molecular complexity index is 381. The van der Waals surface area contributed by atoms with Crippen molar-refractivity contribution in [2.45, 2.75) is 19.8 Å². The Kier molecular flexibility index (Phi) is 9.55. The number of rotatable bonds is 4. The average molecular weight is 320 g/mol. The highest BCUT2D eigenvalue weighted by Crippen LogP contribution is 2.17. The highest BCUT2D eigenvalue weighted by atomic mass is 35.5. The minimum absolute atomic E-state index is 0. The second kappa shape index (κ2) is 9.97. The molecule has 1 aliphatic heterocycles. The van der Waals surface area contributed by atoms with Crippen molar-refractivity contribution in [2.75, 3.05) is 26.2 Å². The summed E-state index contributed by atoms with van der Waals surface area (Å²) in [6.07, 6.45) is 3.85. The number of carbonyl (C=O) groups excluding carboxylic acids is 1. The highest BCUT2D eigenvalue weighted by Gasteiger charge is 2.23. The number of piperidine rings is 1. The molecule has 2 rings (SSSR count). The predicted octanol–water partition coefficient (Wildman–Crippen LogP) is 2.39. The van der Waals surface area contributed by atoms with Crippen LogP contribution in [0, 0.1) is 5.92 Å². The Morgan fingerprint density at radius 1 is 1.35 bits per heavy atom. The van der Waals surface area contributed by atoms with Crippen molar-refractivity contribution in [2.24, 2.45) is 5.92 Å². The van der Waals surface area contributed by atoms with Gasteiger partial charge >= 0.3 is 0 Å². The molecule has 1 aromatic heterocycles. The normalized spacial score (nSPS) is 15.2. The number of likely N-dealkylation sites (tertiary alicyclic amines) is 1. The van der Waals surface area contributed by atoms with Crippen molar-refractivity contribution >= 4 is 30.7 Å². The van der Waals surface area contributed by atoms with Gasteiger partial charge in [0.2, 0.25) is 0 Å². The second-order valence-electron chi connectivity index (χ2n) is 4.76. The molecule has 1 saturated heterocycles. The van der Waals surface area contributed by atoms with E-state index >= 15 is 0 Å². The number of nitrogens with one attached hydrogen (secondary N) is 1. The van der Waals surface area contributed by atoms with Crippen LogP contribution in [-0.4, -0.2) is 42.0 Å². The molecule has 1 aliphatic rings. The molecule has 1 N–H and O–H groups in total. The first kappa shape index (κ1) is 19.2. The fourth-order valence-electron chi connectivity index (χ4n) is 2.34. The molecule has 1 aromatic rings. The van der Waals surface area contributed by atoms with Gasteiger partial charge in [-0.15, -0.1) is 24.8 Å². The lowest BCUT2D eigenvalue weighted by molar-refractivity contribution is 0.0684. The van der Waals surface area contributed by atoms with Gasteiger partial charge in [0.25, 0.3) is 5.91 Å². The maximum atomic E-state index is 12.2. The summed E-state index contributed by atoms with van der Waals surface area (Å²) in [7, 11) is 0. The largest absolute Gasteiger partial charge is 0.337 e. The molecule has 1 fully saturated rings. The van der Waals surface area contributed by atoms with Crippen LogP contribution in [-0.2, 0) is 0 Å². The van der Waals surface area contributed by atoms with Gasteiger partial charge in [-0.25, -0.2) is 0 Å². The van der Waals surface area contributed by atoms with E-state index in [0.29, 0.717) is 11.6 Å². The monoisotopic (exact) mass is 319 g/mol. The summed E-state index contributed by atoms with van der Waals surface area (Å²) in [6.45, 7) is 5.92. The molecule has 0 radical (unpaired) electrons. The molecule has 6 heteroatoms.